The lowest BCUT2D eigenvalue weighted by molar-refractivity contribution is 0.338. The van der Waals surface area contributed by atoms with Crippen molar-refractivity contribution < 1.29 is 0 Å². The predicted molar refractivity (Wildman–Crippen MR) is 205 cm³/mol. The first-order valence-corrected chi connectivity index (χ1v) is 17.2. The van der Waals surface area contributed by atoms with Crippen LogP contribution in [0.15, 0.2) is 102 Å². The van der Waals surface area contributed by atoms with E-state index in [0.717, 1.165) is 50.9 Å². The first-order valence-electron chi connectivity index (χ1n) is 17.2. The molecule has 0 aliphatic carbocycles. The third-order valence-corrected chi connectivity index (χ3v) is 11.0. The molecule has 254 valence electrons. The zero-order valence-electron chi connectivity index (χ0n) is 30.7. The number of rotatable bonds is 6. The molecule has 0 amide bonds. The molecule has 0 saturated carbocycles. The monoisotopic (exact) mass is 663 g/mol. The van der Waals surface area contributed by atoms with Gasteiger partial charge in [-0.15, -0.1) is 0 Å². The SMILES string of the molecule is CC1=NC(C)(C)C(C)(C)N1c1cncc(-c2nc(-c3ccc(-c4ccccc4)cc3)nc(-c3cncc(N4C(C)=NC(C)(C)C4(C)C)c3)n2)c1. The Balaban J connectivity index is 1.35. The van der Waals surface area contributed by atoms with Crippen molar-refractivity contribution in [2.75, 3.05) is 9.80 Å². The molecule has 50 heavy (non-hydrogen) atoms. The highest BCUT2D eigenvalue weighted by atomic mass is 15.3. The van der Waals surface area contributed by atoms with E-state index in [1.165, 1.54) is 0 Å². The number of hydrogen-bond donors (Lipinski definition) is 0. The molecule has 0 bridgehead atoms. The highest BCUT2D eigenvalue weighted by Gasteiger charge is 2.49. The minimum Gasteiger partial charge on any atom is -0.321 e. The van der Waals surface area contributed by atoms with Crippen LogP contribution in [0.25, 0.3) is 45.3 Å². The molecular weight excluding hydrogens is 619 g/mol. The van der Waals surface area contributed by atoms with Gasteiger partial charge in [-0.25, -0.2) is 15.0 Å². The lowest BCUT2D eigenvalue weighted by atomic mass is 9.83. The highest BCUT2D eigenvalue weighted by molar-refractivity contribution is 6.01. The number of amidine groups is 2. The van der Waals surface area contributed by atoms with Gasteiger partial charge in [0.1, 0.15) is 11.7 Å². The highest BCUT2D eigenvalue weighted by Crippen LogP contribution is 2.43. The minimum absolute atomic E-state index is 0.265. The molecule has 2 aliphatic heterocycles. The molecule has 9 heteroatoms. The lowest BCUT2D eigenvalue weighted by Crippen LogP contribution is -2.53. The predicted octanol–water partition coefficient (Wildman–Crippen LogP) is 8.92. The summed E-state index contributed by atoms with van der Waals surface area (Å²) in [6.45, 7) is 21.6. The summed E-state index contributed by atoms with van der Waals surface area (Å²) in [6, 6.07) is 22.9. The van der Waals surface area contributed by atoms with Gasteiger partial charge in [-0.3, -0.25) is 20.0 Å². The van der Waals surface area contributed by atoms with Crippen molar-refractivity contribution >= 4 is 23.0 Å². The summed E-state index contributed by atoms with van der Waals surface area (Å²) < 4.78 is 0. The Bertz CT molecular complexity index is 2040. The first-order chi connectivity index (χ1) is 23.6. The average Bonchev–Trinajstić information content (AvgIpc) is 3.36. The number of benzene rings is 2. The molecule has 0 atom stereocenters. The molecule has 0 spiro atoms. The third kappa shape index (κ3) is 5.45. The number of aliphatic imine (C=N–C) groups is 2. The Morgan fingerprint density at radius 3 is 1.22 bits per heavy atom. The van der Waals surface area contributed by atoms with Crippen LogP contribution in [0.4, 0.5) is 11.4 Å². The van der Waals surface area contributed by atoms with E-state index in [1.54, 1.807) is 0 Å². The van der Waals surface area contributed by atoms with E-state index in [2.05, 4.69) is 138 Å². The van der Waals surface area contributed by atoms with Gasteiger partial charge < -0.3 is 9.80 Å². The fourth-order valence-corrected chi connectivity index (χ4v) is 7.11. The second kappa shape index (κ2) is 11.6. The van der Waals surface area contributed by atoms with E-state index in [4.69, 9.17) is 24.9 Å². The minimum atomic E-state index is -0.271. The zero-order valence-corrected chi connectivity index (χ0v) is 30.7. The van der Waals surface area contributed by atoms with Crippen LogP contribution in [-0.2, 0) is 0 Å². The van der Waals surface area contributed by atoms with Crippen molar-refractivity contribution in [3.8, 4) is 45.3 Å². The maximum Gasteiger partial charge on any atom is 0.165 e. The average molecular weight is 664 g/mol. The van der Waals surface area contributed by atoms with E-state index in [9.17, 15) is 0 Å². The maximum absolute atomic E-state index is 5.07. The van der Waals surface area contributed by atoms with Crippen LogP contribution < -0.4 is 9.80 Å². The van der Waals surface area contributed by atoms with E-state index in [-0.39, 0.29) is 22.2 Å². The fraction of sp³-hybridized carbons (Fsp3) is 0.341. The van der Waals surface area contributed by atoms with Crippen molar-refractivity contribution in [3.05, 3.63) is 91.5 Å². The smallest absolute Gasteiger partial charge is 0.165 e. The molecule has 3 aromatic heterocycles. The molecule has 0 N–H and O–H groups in total. The summed E-state index contributed by atoms with van der Waals surface area (Å²) in [4.78, 5) is 39.0. The molecular formula is C41H45N9. The van der Waals surface area contributed by atoms with Gasteiger partial charge in [-0.2, -0.15) is 0 Å². The van der Waals surface area contributed by atoms with Crippen molar-refractivity contribution in [1.82, 2.24) is 24.9 Å². The summed E-state index contributed by atoms with van der Waals surface area (Å²) in [5, 5.41) is 0. The van der Waals surface area contributed by atoms with Crippen molar-refractivity contribution in [2.24, 2.45) is 9.98 Å². The quantitative estimate of drug-likeness (QED) is 0.179. The molecule has 5 heterocycles. The van der Waals surface area contributed by atoms with Crippen LogP contribution in [0.3, 0.4) is 0 Å². The van der Waals surface area contributed by atoms with E-state index in [1.807, 2.05) is 43.0 Å². The standard InChI is InChI=1S/C41H45N9/c1-26-47-38(3,4)40(7,8)49(26)33-20-31(22-42-24-33)36-44-35(30-18-16-29(17-19-30)28-14-12-11-13-15-28)45-37(46-36)32-21-34(25-43-23-32)50-27(2)48-39(5,6)41(50,9)10/h11-25H,1-10H3. The van der Waals surface area contributed by atoms with Gasteiger partial charge in [-0.1, -0.05) is 54.6 Å². The Morgan fingerprint density at radius 1 is 0.440 bits per heavy atom. The van der Waals surface area contributed by atoms with E-state index in [0.29, 0.717) is 17.5 Å². The van der Waals surface area contributed by atoms with Gasteiger partial charge in [-0.05, 0) is 92.5 Å². The number of aromatic nitrogens is 5. The number of hydrogen-bond acceptors (Lipinski definition) is 9. The lowest BCUT2D eigenvalue weighted by Gasteiger charge is -2.41. The number of pyridine rings is 2. The Kier molecular flexibility index (Phi) is 7.73. The molecule has 0 saturated heterocycles. The Morgan fingerprint density at radius 2 is 0.820 bits per heavy atom. The summed E-state index contributed by atoms with van der Waals surface area (Å²) in [5.41, 5.74) is 5.54. The molecule has 0 fully saturated rings. The van der Waals surface area contributed by atoms with Gasteiger partial charge in [0.15, 0.2) is 17.5 Å². The van der Waals surface area contributed by atoms with Crippen LogP contribution in [0, 0.1) is 0 Å². The van der Waals surface area contributed by atoms with Gasteiger partial charge in [0, 0.05) is 29.1 Å². The summed E-state index contributed by atoms with van der Waals surface area (Å²) in [6.07, 6.45) is 7.39. The van der Waals surface area contributed by atoms with Crippen molar-refractivity contribution in [2.45, 2.75) is 91.4 Å². The maximum atomic E-state index is 5.07. The molecule has 0 radical (unpaired) electrons. The number of anilines is 2. The summed E-state index contributed by atoms with van der Waals surface area (Å²) in [5.74, 6) is 3.53. The molecule has 9 nitrogen and oxygen atoms in total. The fourth-order valence-electron chi connectivity index (χ4n) is 7.11. The van der Waals surface area contributed by atoms with E-state index >= 15 is 0 Å². The molecule has 2 aromatic carbocycles. The topological polar surface area (TPSA) is 95.6 Å². The number of nitrogens with zero attached hydrogens (tertiary/aromatic N) is 9. The second-order valence-corrected chi connectivity index (χ2v) is 15.3. The van der Waals surface area contributed by atoms with Gasteiger partial charge in [0.2, 0.25) is 0 Å². The third-order valence-electron chi connectivity index (χ3n) is 11.0. The Hall–Kier alpha value is -5.31. The van der Waals surface area contributed by atoms with Crippen LogP contribution in [0.1, 0.15) is 69.2 Å². The van der Waals surface area contributed by atoms with Crippen molar-refractivity contribution in [1.29, 1.82) is 0 Å². The first kappa shape index (κ1) is 33.2. The summed E-state index contributed by atoms with van der Waals surface area (Å²) in [7, 11) is 0. The summed E-state index contributed by atoms with van der Waals surface area (Å²) >= 11 is 0. The van der Waals surface area contributed by atoms with Gasteiger partial charge >= 0.3 is 0 Å². The zero-order chi connectivity index (χ0) is 35.6. The van der Waals surface area contributed by atoms with Crippen molar-refractivity contribution in [3.63, 3.8) is 0 Å². The molecule has 0 unspecified atom stereocenters. The molecule has 2 aliphatic rings. The second-order valence-electron chi connectivity index (χ2n) is 15.3. The van der Waals surface area contributed by atoms with E-state index < -0.39 is 0 Å². The molecule has 5 aromatic rings. The van der Waals surface area contributed by atoms with Crippen LogP contribution in [0.2, 0.25) is 0 Å². The largest absolute Gasteiger partial charge is 0.321 e. The Labute approximate surface area is 295 Å². The molecule has 7 rings (SSSR count). The normalized spacial score (nSPS) is 18.6. The van der Waals surface area contributed by atoms with Crippen LogP contribution in [-0.4, -0.2) is 58.7 Å². The van der Waals surface area contributed by atoms with Crippen LogP contribution in [0.5, 0.6) is 0 Å². The van der Waals surface area contributed by atoms with Crippen LogP contribution >= 0.6 is 0 Å². The van der Waals surface area contributed by atoms with Gasteiger partial charge in [0.25, 0.3) is 0 Å². The van der Waals surface area contributed by atoms with Gasteiger partial charge in [0.05, 0.1) is 45.9 Å².